The number of benzene rings is 1. The van der Waals surface area contributed by atoms with Gasteiger partial charge in [0, 0.05) is 24.1 Å². The summed E-state index contributed by atoms with van der Waals surface area (Å²) in [4.78, 5) is 4.13. The molecule has 0 amide bonds. The Morgan fingerprint density at radius 3 is 2.38 bits per heavy atom. The third kappa shape index (κ3) is 3.87. The first-order chi connectivity index (χ1) is 11.4. The number of rotatable bonds is 5. The molecule has 0 fully saturated rings. The van der Waals surface area contributed by atoms with E-state index in [0.29, 0.717) is 23.1 Å². The Morgan fingerprint density at radius 2 is 1.83 bits per heavy atom. The lowest BCUT2D eigenvalue weighted by atomic mass is 10.3. The van der Waals surface area contributed by atoms with Crippen LogP contribution in [0.5, 0.6) is 11.6 Å². The number of imidazole rings is 1. The number of aryl methyl sites for hydroxylation is 1. The first kappa shape index (κ1) is 15.9. The van der Waals surface area contributed by atoms with Crippen LogP contribution in [-0.4, -0.2) is 34.4 Å². The molecular formula is C15H15N5O3S. The van der Waals surface area contributed by atoms with Gasteiger partial charge in [0.05, 0.1) is 6.26 Å². The number of anilines is 1. The fraction of sp³-hybridized carbons (Fsp3) is 0.133. The van der Waals surface area contributed by atoms with E-state index in [2.05, 4.69) is 19.9 Å². The maximum atomic E-state index is 11.2. The number of nitrogens with zero attached hydrogens (tertiary/aromatic N) is 4. The summed E-state index contributed by atoms with van der Waals surface area (Å²) in [6.07, 6.45) is 4.58. The van der Waals surface area contributed by atoms with Gasteiger partial charge in [0.1, 0.15) is 11.6 Å². The first-order valence-electron chi connectivity index (χ1n) is 7.00. The van der Waals surface area contributed by atoms with Crippen LogP contribution < -0.4 is 9.46 Å². The minimum atomic E-state index is -3.30. The Hall–Kier alpha value is -2.94. The second kappa shape index (κ2) is 6.28. The van der Waals surface area contributed by atoms with Gasteiger partial charge in [-0.05, 0) is 37.3 Å². The number of nitrogens with one attached hydrogen (secondary N) is 1. The normalized spacial score (nSPS) is 11.2. The fourth-order valence-electron chi connectivity index (χ4n) is 2.04. The van der Waals surface area contributed by atoms with E-state index in [-0.39, 0.29) is 0 Å². The lowest BCUT2D eigenvalue weighted by molar-refractivity contribution is 0.454. The number of aromatic nitrogens is 4. The number of ether oxygens (including phenoxy) is 1. The minimum Gasteiger partial charge on any atom is -0.438 e. The number of hydrogen-bond acceptors (Lipinski definition) is 6. The predicted octanol–water partition coefficient (Wildman–Crippen LogP) is 2.13. The molecule has 0 aliphatic rings. The molecule has 24 heavy (non-hydrogen) atoms. The largest absolute Gasteiger partial charge is 0.438 e. The highest BCUT2D eigenvalue weighted by molar-refractivity contribution is 7.92. The Kier molecular flexibility index (Phi) is 4.17. The van der Waals surface area contributed by atoms with Crippen molar-refractivity contribution in [3.8, 4) is 17.4 Å². The van der Waals surface area contributed by atoms with Gasteiger partial charge in [-0.25, -0.2) is 13.4 Å². The molecule has 0 saturated heterocycles. The van der Waals surface area contributed by atoms with E-state index in [4.69, 9.17) is 4.74 Å². The summed E-state index contributed by atoms with van der Waals surface area (Å²) in [5.74, 6) is 2.31. The highest BCUT2D eigenvalue weighted by Gasteiger charge is 2.06. The van der Waals surface area contributed by atoms with E-state index in [1.54, 1.807) is 48.8 Å². The van der Waals surface area contributed by atoms with Crippen molar-refractivity contribution in [1.29, 1.82) is 0 Å². The zero-order valence-corrected chi connectivity index (χ0v) is 13.9. The Balaban J connectivity index is 1.71. The molecule has 0 aliphatic heterocycles. The van der Waals surface area contributed by atoms with Crippen molar-refractivity contribution in [3.63, 3.8) is 0 Å². The first-order valence-corrected chi connectivity index (χ1v) is 8.90. The lowest BCUT2D eigenvalue weighted by Gasteiger charge is -2.07. The molecule has 0 atom stereocenters. The summed E-state index contributed by atoms with van der Waals surface area (Å²) in [6.45, 7) is 1.87. The van der Waals surface area contributed by atoms with Crippen molar-refractivity contribution >= 4 is 15.7 Å². The van der Waals surface area contributed by atoms with Gasteiger partial charge in [-0.2, -0.15) is 0 Å². The Morgan fingerprint density at radius 1 is 1.08 bits per heavy atom. The molecule has 3 rings (SSSR count). The van der Waals surface area contributed by atoms with Gasteiger partial charge in [-0.3, -0.25) is 9.29 Å². The fourth-order valence-corrected chi connectivity index (χ4v) is 2.61. The van der Waals surface area contributed by atoms with Gasteiger partial charge in [0.2, 0.25) is 15.9 Å². The van der Waals surface area contributed by atoms with E-state index < -0.39 is 10.0 Å². The molecule has 0 radical (unpaired) electrons. The lowest BCUT2D eigenvalue weighted by Crippen LogP contribution is -2.09. The average molecular weight is 345 g/mol. The van der Waals surface area contributed by atoms with Gasteiger partial charge in [-0.1, -0.05) is 0 Å². The molecule has 124 valence electrons. The van der Waals surface area contributed by atoms with Crippen LogP contribution in [0.25, 0.3) is 5.82 Å². The van der Waals surface area contributed by atoms with E-state index in [1.165, 1.54) is 0 Å². The second-order valence-corrected chi connectivity index (χ2v) is 6.82. The van der Waals surface area contributed by atoms with Crippen LogP contribution in [0.3, 0.4) is 0 Å². The van der Waals surface area contributed by atoms with Gasteiger partial charge in [-0.15, -0.1) is 10.2 Å². The SMILES string of the molecule is Cc1nccn1-c1ccc(Oc2ccc(NS(C)(=O)=O)cc2)nn1. The molecule has 3 aromatic rings. The van der Waals surface area contributed by atoms with Crippen molar-refractivity contribution in [2.24, 2.45) is 0 Å². The summed E-state index contributed by atoms with van der Waals surface area (Å²) >= 11 is 0. The van der Waals surface area contributed by atoms with Gasteiger partial charge < -0.3 is 4.74 Å². The maximum Gasteiger partial charge on any atom is 0.238 e. The minimum absolute atomic E-state index is 0.334. The van der Waals surface area contributed by atoms with Crippen molar-refractivity contribution in [2.75, 3.05) is 11.0 Å². The highest BCUT2D eigenvalue weighted by atomic mass is 32.2. The van der Waals surface area contributed by atoms with Crippen LogP contribution in [0.4, 0.5) is 5.69 Å². The molecule has 9 heteroatoms. The summed E-state index contributed by atoms with van der Waals surface area (Å²) in [6, 6.07) is 9.97. The van der Waals surface area contributed by atoms with Crippen molar-refractivity contribution in [2.45, 2.75) is 6.92 Å². The summed E-state index contributed by atoms with van der Waals surface area (Å²) < 4.78 is 32.1. The Labute approximate surface area is 139 Å². The van der Waals surface area contributed by atoms with E-state index in [0.717, 1.165) is 12.1 Å². The Bertz CT molecular complexity index is 934. The van der Waals surface area contributed by atoms with Crippen molar-refractivity contribution in [3.05, 3.63) is 54.6 Å². The second-order valence-electron chi connectivity index (χ2n) is 5.07. The molecule has 0 spiro atoms. The number of sulfonamides is 1. The quantitative estimate of drug-likeness (QED) is 0.760. The summed E-state index contributed by atoms with van der Waals surface area (Å²) in [7, 11) is -3.30. The molecule has 0 aliphatic carbocycles. The molecule has 0 unspecified atom stereocenters. The molecule has 2 aromatic heterocycles. The van der Waals surface area contributed by atoms with Crippen LogP contribution in [0.2, 0.25) is 0 Å². The van der Waals surface area contributed by atoms with Crippen LogP contribution in [0, 0.1) is 6.92 Å². The van der Waals surface area contributed by atoms with Crippen LogP contribution in [0.15, 0.2) is 48.8 Å². The predicted molar refractivity (Wildman–Crippen MR) is 88.9 cm³/mol. The van der Waals surface area contributed by atoms with Crippen molar-refractivity contribution in [1.82, 2.24) is 19.7 Å². The summed E-state index contributed by atoms with van der Waals surface area (Å²) in [5.41, 5.74) is 0.460. The molecule has 0 bridgehead atoms. The topological polar surface area (TPSA) is 99.0 Å². The monoisotopic (exact) mass is 345 g/mol. The smallest absolute Gasteiger partial charge is 0.238 e. The van der Waals surface area contributed by atoms with Gasteiger partial charge in [0.15, 0.2) is 5.82 Å². The van der Waals surface area contributed by atoms with Crippen LogP contribution >= 0.6 is 0 Å². The van der Waals surface area contributed by atoms with Crippen LogP contribution in [0.1, 0.15) is 5.82 Å². The van der Waals surface area contributed by atoms with Gasteiger partial charge >= 0.3 is 0 Å². The molecular weight excluding hydrogens is 330 g/mol. The molecule has 0 saturated carbocycles. The molecule has 1 N–H and O–H groups in total. The molecule has 2 heterocycles. The molecule has 8 nitrogen and oxygen atoms in total. The van der Waals surface area contributed by atoms with Crippen LogP contribution in [-0.2, 0) is 10.0 Å². The highest BCUT2D eigenvalue weighted by Crippen LogP contribution is 2.22. The third-order valence-electron chi connectivity index (χ3n) is 3.08. The van der Waals surface area contributed by atoms with Gasteiger partial charge in [0.25, 0.3) is 0 Å². The number of hydrogen-bond donors (Lipinski definition) is 1. The maximum absolute atomic E-state index is 11.2. The average Bonchev–Trinajstić information content (AvgIpc) is 2.95. The summed E-state index contributed by atoms with van der Waals surface area (Å²) in [5, 5.41) is 8.12. The zero-order valence-electron chi connectivity index (χ0n) is 13.0. The van der Waals surface area contributed by atoms with E-state index >= 15 is 0 Å². The third-order valence-corrected chi connectivity index (χ3v) is 3.69. The zero-order chi connectivity index (χ0) is 17.2. The molecule has 1 aromatic carbocycles. The van der Waals surface area contributed by atoms with E-state index in [1.807, 2.05) is 11.5 Å². The standard InChI is InChI=1S/C15H15N5O3S/c1-11-16-9-10-20(11)14-7-8-15(18-17-14)23-13-5-3-12(4-6-13)19-24(2,21)22/h3-10,19H,1-2H3. The van der Waals surface area contributed by atoms with E-state index in [9.17, 15) is 8.42 Å². The van der Waals surface area contributed by atoms with Crippen molar-refractivity contribution < 1.29 is 13.2 Å².